The zero-order valence-electron chi connectivity index (χ0n) is 22.6. The van der Waals surface area contributed by atoms with Crippen LogP contribution in [-0.4, -0.2) is 43.0 Å². The van der Waals surface area contributed by atoms with Gasteiger partial charge in [-0.1, -0.05) is 32.0 Å². The van der Waals surface area contributed by atoms with Gasteiger partial charge in [0.1, 0.15) is 0 Å². The highest BCUT2D eigenvalue weighted by Crippen LogP contribution is 2.55. The Labute approximate surface area is 235 Å². The number of alkyl halides is 9. The summed E-state index contributed by atoms with van der Waals surface area (Å²) in [6, 6.07) is 3.78. The molecule has 0 saturated heterocycles. The van der Waals surface area contributed by atoms with Crippen LogP contribution in [0.4, 0.5) is 54.8 Å². The van der Waals surface area contributed by atoms with E-state index < -0.39 is 77.5 Å². The molecule has 2 atom stereocenters. The summed E-state index contributed by atoms with van der Waals surface area (Å²) in [6.45, 7) is 1.80. The Bertz CT molecular complexity index is 1260. The van der Waals surface area contributed by atoms with Gasteiger partial charge in [-0.3, -0.25) is 9.80 Å². The molecule has 2 unspecified atom stereocenters. The second-order valence-electron chi connectivity index (χ2n) is 9.60. The van der Waals surface area contributed by atoms with E-state index in [0.717, 1.165) is 18.1 Å². The maximum Gasteiger partial charge on any atom is 0.416 e. The van der Waals surface area contributed by atoms with Gasteiger partial charge in [-0.25, -0.2) is 9.59 Å². The first-order valence-electron chi connectivity index (χ1n) is 12.7. The first-order chi connectivity index (χ1) is 19.4. The van der Waals surface area contributed by atoms with Gasteiger partial charge in [-0.2, -0.15) is 39.5 Å². The molecule has 0 bridgehead atoms. The molecule has 0 spiro atoms. The quantitative estimate of drug-likeness (QED) is 0.308. The highest BCUT2D eigenvalue weighted by atomic mass is 19.4. The number of nitrogens with zero attached hydrogens (tertiary/aromatic N) is 2. The molecule has 2 aromatic rings. The van der Waals surface area contributed by atoms with Crippen molar-refractivity contribution < 1.29 is 58.6 Å². The predicted octanol–water partition coefficient (Wildman–Crippen LogP) is 8.29. The molecule has 2 aromatic carbocycles. The lowest BCUT2D eigenvalue weighted by molar-refractivity contribution is -0.238. The van der Waals surface area contributed by atoms with Crippen molar-refractivity contribution in [2.75, 3.05) is 18.6 Å². The minimum Gasteiger partial charge on any atom is -0.453 e. The molecule has 2 amide bonds. The van der Waals surface area contributed by atoms with Crippen molar-refractivity contribution in [1.82, 2.24) is 4.90 Å². The van der Waals surface area contributed by atoms with Crippen molar-refractivity contribution in [3.05, 3.63) is 64.7 Å². The van der Waals surface area contributed by atoms with Crippen LogP contribution in [0.1, 0.15) is 55.4 Å². The largest absolute Gasteiger partial charge is 0.453 e. The zero-order chi connectivity index (χ0) is 31.7. The summed E-state index contributed by atoms with van der Waals surface area (Å²) < 4.78 is 137. The summed E-state index contributed by atoms with van der Waals surface area (Å²) in [7, 11) is 0.729. The number of rotatable bonds is 6. The van der Waals surface area contributed by atoms with Gasteiger partial charge in [-0.05, 0) is 42.7 Å². The van der Waals surface area contributed by atoms with Gasteiger partial charge < -0.3 is 9.47 Å². The molecule has 0 radical (unpaired) electrons. The average Bonchev–Trinajstić information content (AvgIpc) is 2.91. The number of fused-ring (bicyclic) bond motifs is 1. The molecule has 1 heterocycles. The average molecular weight is 615 g/mol. The number of anilines is 1. The first kappa shape index (κ1) is 32.9. The Kier molecular flexibility index (Phi) is 9.32. The van der Waals surface area contributed by atoms with E-state index in [1.165, 1.54) is 25.1 Å². The lowest BCUT2D eigenvalue weighted by Crippen LogP contribution is -2.64. The maximum atomic E-state index is 15.4. The third-order valence-electron chi connectivity index (χ3n) is 6.92. The molecule has 0 N–H and O–H groups in total. The van der Waals surface area contributed by atoms with Gasteiger partial charge in [0, 0.05) is 18.0 Å². The molecular formula is C27H27F9N2O4. The summed E-state index contributed by atoms with van der Waals surface area (Å²) >= 11 is 0. The minimum absolute atomic E-state index is 0.0380. The van der Waals surface area contributed by atoms with Gasteiger partial charge in [0.2, 0.25) is 0 Å². The number of halogens is 9. The minimum atomic E-state index is -5.35. The van der Waals surface area contributed by atoms with Crippen LogP contribution in [0.15, 0.2) is 42.5 Å². The van der Waals surface area contributed by atoms with E-state index in [1.54, 1.807) is 6.92 Å². The van der Waals surface area contributed by atoms with Crippen LogP contribution >= 0.6 is 0 Å². The summed E-state index contributed by atoms with van der Waals surface area (Å²) in [5.41, 5.74) is -8.66. The number of carbonyl (C=O) groups is 2. The Morgan fingerprint density at radius 1 is 0.952 bits per heavy atom. The Balaban J connectivity index is 2.32. The standard InChI is InChI=1S/C27H27F9N2O4/c1-4-10-42-23(40)38-19(5-2)14-24(27(34,35)36,20-8-6-7-9-21(20)38)37(22(39)41-3)15-16-11-17(25(28,29)30)13-18(12-16)26(31,32)33/h6-9,11-13,19H,4-5,10,14-15H2,1-3H3. The van der Waals surface area contributed by atoms with Crippen LogP contribution in [0.2, 0.25) is 0 Å². The summed E-state index contributed by atoms with van der Waals surface area (Å²) in [5, 5.41) is 0. The normalized spacial score (nSPS) is 19.2. The molecule has 0 fully saturated rings. The summed E-state index contributed by atoms with van der Waals surface area (Å²) in [4.78, 5) is 27.1. The zero-order valence-corrected chi connectivity index (χ0v) is 22.6. The summed E-state index contributed by atoms with van der Waals surface area (Å²) in [6.07, 6.45) is -19.2. The van der Waals surface area contributed by atoms with Crippen LogP contribution in [0.3, 0.4) is 0 Å². The van der Waals surface area contributed by atoms with Crippen molar-refractivity contribution in [3.63, 3.8) is 0 Å². The first-order valence-corrected chi connectivity index (χ1v) is 12.7. The van der Waals surface area contributed by atoms with Crippen LogP contribution in [0.25, 0.3) is 0 Å². The van der Waals surface area contributed by atoms with Crippen molar-refractivity contribution >= 4 is 17.9 Å². The van der Waals surface area contributed by atoms with Crippen molar-refractivity contribution in [3.8, 4) is 0 Å². The van der Waals surface area contributed by atoms with Gasteiger partial charge in [0.15, 0.2) is 5.54 Å². The molecule has 0 saturated carbocycles. The van der Waals surface area contributed by atoms with E-state index in [4.69, 9.17) is 4.74 Å². The molecule has 0 aliphatic carbocycles. The van der Waals surface area contributed by atoms with E-state index >= 15 is 13.2 Å². The van der Waals surface area contributed by atoms with E-state index in [0.29, 0.717) is 6.42 Å². The molecule has 6 nitrogen and oxygen atoms in total. The number of amides is 2. The second kappa shape index (κ2) is 11.9. The fraction of sp³-hybridized carbons (Fsp3) is 0.481. The number of hydrogen-bond donors (Lipinski definition) is 0. The lowest BCUT2D eigenvalue weighted by Gasteiger charge is -2.52. The molecule has 1 aliphatic heterocycles. The molecule has 3 rings (SSSR count). The molecule has 1 aliphatic rings. The topological polar surface area (TPSA) is 59.1 Å². The van der Waals surface area contributed by atoms with Gasteiger partial charge in [-0.15, -0.1) is 0 Å². The smallest absolute Gasteiger partial charge is 0.416 e. The SMILES string of the molecule is CCCOC(=O)N1c2ccccc2C(N(Cc2cc(C(F)(F)F)cc(C(F)(F)F)c2)C(=O)OC)(C(F)(F)F)CC1CC. The van der Waals surface area contributed by atoms with Crippen molar-refractivity contribution in [1.29, 1.82) is 0 Å². The second-order valence-corrected chi connectivity index (χ2v) is 9.60. The Hall–Kier alpha value is -3.65. The van der Waals surface area contributed by atoms with Gasteiger partial charge in [0.05, 0.1) is 37.1 Å². The van der Waals surface area contributed by atoms with Crippen molar-refractivity contribution in [2.45, 2.75) is 69.8 Å². The Morgan fingerprint density at radius 2 is 1.52 bits per heavy atom. The van der Waals surface area contributed by atoms with E-state index in [-0.39, 0.29) is 41.8 Å². The van der Waals surface area contributed by atoms with Gasteiger partial charge in [0.25, 0.3) is 0 Å². The fourth-order valence-corrected chi connectivity index (χ4v) is 5.04. The van der Waals surface area contributed by atoms with Crippen LogP contribution < -0.4 is 4.90 Å². The number of para-hydroxylation sites is 1. The Morgan fingerprint density at radius 3 is 2.00 bits per heavy atom. The van der Waals surface area contributed by atoms with Crippen LogP contribution in [0, 0.1) is 0 Å². The van der Waals surface area contributed by atoms with Crippen molar-refractivity contribution in [2.24, 2.45) is 0 Å². The van der Waals surface area contributed by atoms with Gasteiger partial charge >= 0.3 is 30.7 Å². The fourth-order valence-electron chi connectivity index (χ4n) is 5.04. The summed E-state index contributed by atoms with van der Waals surface area (Å²) in [5.74, 6) is 0. The molecule has 15 heteroatoms. The number of ether oxygens (including phenoxy) is 2. The monoisotopic (exact) mass is 614 g/mol. The lowest BCUT2D eigenvalue weighted by atomic mass is 9.75. The third kappa shape index (κ3) is 6.24. The van der Waals surface area contributed by atoms with Crippen LogP contribution in [0.5, 0.6) is 0 Å². The molecule has 0 aromatic heterocycles. The highest BCUT2D eigenvalue weighted by Gasteiger charge is 2.65. The van der Waals surface area contributed by atoms with Crippen LogP contribution in [-0.2, 0) is 33.9 Å². The third-order valence-corrected chi connectivity index (χ3v) is 6.92. The number of methoxy groups -OCH3 is 1. The van der Waals surface area contributed by atoms with E-state index in [9.17, 15) is 35.9 Å². The van der Waals surface area contributed by atoms with E-state index in [1.807, 2.05) is 0 Å². The van der Waals surface area contributed by atoms with E-state index in [2.05, 4.69) is 4.74 Å². The molecular weight excluding hydrogens is 587 g/mol. The maximum absolute atomic E-state index is 15.4. The predicted molar refractivity (Wildman–Crippen MR) is 131 cm³/mol. The number of benzene rings is 2. The molecule has 42 heavy (non-hydrogen) atoms. The number of hydrogen-bond acceptors (Lipinski definition) is 4. The highest BCUT2D eigenvalue weighted by molar-refractivity contribution is 5.91. The number of carbonyl (C=O) groups excluding carboxylic acids is 2. The molecule has 232 valence electrons.